The number of aryl methyl sites for hydroxylation is 1. The van der Waals surface area contributed by atoms with Crippen LogP contribution in [0.1, 0.15) is 12.2 Å². The maximum absolute atomic E-state index is 14.2. The molecule has 26 heavy (non-hydrogen) atoms. The fourth-order valence-electron chi connectivity index (χ4n) is 2.57. The molecule has 0 amide bonds. The van der Waals surface area contributed by atoms with Crippen LogP contribution in [0.25, 0.3) is 16.9 Å². The molecule has 0 radical (unpaired) electrons. The molecule has 0 aliphatic heterocycles. The van der Waals surface area contributed by atoms with E-state index in [1.54, 1.807) is 17.5 Å². The Morgan fingerprint density at radius 2 is 1.92 bits per heavy atom. The standard InChI is InChI=1S/C15H10F5N5O/c1-7-23-24-12-5-21-10(6-25(7)12)8-2-9(16)13(22-4-8)26-11-3-14(17,18)15(11,19)20/h2,4-6,11H,3H2,1H3/t11-/m0/s1. The number of rotatable bonds is 3. The molecule has 6 nitrogen and oxygen atoms in total. The Balaban J connectivity index is 1.60. The Morgan fingerprint density at radius 3 is 2.58 bits per heavy atom. The molecule has 3 aromatic heterocycles. The molecule has 0 bridgehead atoms. The SMILES string of the molecule is Cc1nnc2cnc(-c3cnc(O[C@H]4CC(F)(F)C4(F)F)c(F)c3)cn12. The molecule has 0 N–H and O–H groups in total. The van der Waals surface area contributed by atoms with E-state index in [1.807, 2.05) is 0 Å². The van der Waals surface area contributed by atoms with E-state index in [0.29, 0.717) is 17.2 Å². The number of hydrogen-bond donors (Lipinski definition) is 0. The monoisotopic (exact) mass is 371 g/mol. The highest BCUT2D eigenvalue weighted by molar-refractivity contribution is 5.59. The van der Waals surface area contributed by atoms with E-state index in [-0.39, 0.29) is 5.56 Å². The van der Waals surface area contributed by atoms with Gasteiger partial charge in [-0.3, -0.25) is 9.38 Å². The van der Waals surface area contributed by atoms with Crippen LogP contribution in [-0.2, 0) is 0 Å². The second-order valence-electron chi connectivity index (χ2n) is 5.90. The van der Waals surface area contributed by atoms with Crippen molar-refractivity contribution in [3.8, 4) is 17.1 Å². The molecule has 0 aromatic carbocycles. The topological polar surface area (TPSA) is 65.2 Å². The van der Waals surface area contributed by atoms with Crippen molar-refractivity contribution in [2.24, 2.45) is 0 Å². The average Bonchev–Trinajstić information content (AvgIpc) is 2.96. The number of nitrogens with zero attached hydrogens (tertiary/aromatic N) is 5. The van der Waals surface area contributed by atoms with Crippen molar-refractivity contribution in [3.05, 3.63) is 36.3 Å². The van der Waals surface area contributed by atoms with Crippen molar-refractivity contribution >= 4 is 5.65 Å². The first kappa shape index (κ1) is 16.6. The molecule has 0 saturated heterocycles. The lowest BCUT2D eigenvalue weighted by Crippen LogP contribution is -2.64. The van der Waals surface area contributed by atoms with Gasteiger partial charge in [-0.15, -0.1) is 10.2 Å². The molecule has 1 aliphatic carbocycles. The first-order valence-corrected chi connectivity index (χ1v) is 7.44. The van der Waals surface area contributed by atoms with Crippen LogP contribution in [0.4, 0.5) is 22.0 Å². The number of pyridine rings is 1. The van der Waals surface area contributed by atoms with Gasteiger partial charge in [-0.1, -0.05) is 0 Å². The van der Waals surface area contributed by atoms with Crippen LogP contribution in [-0.4, -0.2) is 42.5 Å². The van der Waals surface area contributed by atoms with Crippen molar-refractivity contribution in [2.75, 3.05) is 0 Å². The van der Waals surface area contributed by atoms with E-state index >= 15 is 0 Å². The molecule has 1 aliphatic rings. The van der Waals surface area contributed by atoms with Gasteiger partial charge in [0.25, 0.3) is 5.88 Å². The zero-order valence-corrected chi connectivity index (χ0v) is 13.1. The predicted molar refractivity (Wildman–Crippen MR) is 77.6 cm³/mol. The highest BCUT2D eigenvalue weighted by Gasteiger charge is 2.73. The van der Waals surface area contributed by atoms with E-state index in [1.165, 1.54) is 6.20 Å². The molecule has 0 spiro atoms. The third-order valence-corrected chi connectivity index (χ3v) is 4.15. The summed E-state index contributed by atoms with van der Waals surface area (Å²) in [6.45, 7) is 1.72. The summed E-state index contributed by atoms with van der Waals surface area (Å²) in [6.07, 6.45) is 0.811. The van der Waals surface area contributed by atoms with E-state index in [2.05, 4.69) is 24.9 Å². The van der Waals surface area contributed by atoms with Crippen LogP contribution in [0.3, 0.4) is 0 Å². The number of fused-ring (bicyclic) bond motifs is 1. The van der Waals surface area contributed by atoms with E-state index in [9.17, 15) is 22.0 Å². The fourth-order valence-corrected chi connectivity index (χ4v) is 2.57. The highest BCUT2D eigenvalue weighted by atomic mass is 19.3. The van der Waals surface area contributed by atoms with Crippen LogP contribution in [0.2, 0.25) is 0 Å². The van der Waals surface area contributed by atoms with Gasteiger partial charge < -0.3 is 4.74 Å². The minimum atomic E-state index is -4.36. The number of hydrogen-bond acceptors (Lipinski definition) is 5. The predicted octanol–water partition coefficient (Wildman–Crippen LogP) is 3.06. The van der Waals surface area contributed by atoms with Gasteiger partial charge in [0.1, 0.15) is 5.82 Å². The summed E-state index contributed by atoms with van der Waals surface area (Å²) >= 11 is 0. The Kier molecular flexibility index (Phi) is 3.40. The van der Waals surface area contributed by atoms with Gasteiger partial charge in [-0.25, -0.2) is 9.37 Å². The molecular formula is C15H10F5N5O. The van der Waals surface area contributed by atoms with Crippen molar-refractivity contribution in [1.29, 1.82) is 0 Å². The van der Waals surface area contributed by atoms with Crippen molar-refractivity contribution < 1.29 is 26.7 Å². The van der Waals surface area contributed by atoms with E-state index in [0.717, 1.165) is 12.3 Å². The van der Waals surface area contributed by atoms with Gasteiger partial charge in [-0.2, -0.15) is 17.6 Å². The van der Waals surface area contributed by atoms with Crippen LogP contribution in [0.5, 0.6) is 5.88 Å². The molecule has 0 unspecified atom stereocenters. The summed E-state index contributed by atoms with van der Waals surface area (Å²) < 4.78 is 72.6. The lowest BCUT2D eigenvalue weighted by Gasteiger charge is -2.42. The Bertz CT molecular complexity index is 1010. The number of halogens is 5. The maximum atomic E-state index is 14.2. The van der Waals surface area contributed by atoms with Gasteiger partial charge in [0, 0.05) is 18.0 Å². The average molecular weight is 371 g/mol. The second-order valence-corrected chi connectivity index (χ2v) is 5.90. The lowest BCUT2D eigenvalue weighted by molar-refractivity contribution is -0.324. The third kappa shape index (κ3) is 2.37. The number of aromatic nitrogens is 5. The van der Waals surface area contributed by atoms with Crippen LogP contribution >= 0.6 is 0 Å². The second kappa shape index (κ2) is 5.32. The van der Waals surface area contributed by atoms with Gasteiger partial charge in [0.05, 0.1) is 18.3 Å². The minimum absolute atomic E-state index is 0.246. The molecule has 11 heteroatoms. The number of ether oxygens (including phenoxy) is 1. The Hall–Kier alpha value is -2.85. The smallest absolute Gasteiger partial charge is 0.346 e. The maximum Gasteiger partial charge on any atom is 0.346 e. The quantitative estimate of drug-likeness (QED) is 0.662. The van der Waals surface area contributed by atoms with Gasteiger partial charge >= 0.3 is 11.8 Å². The summed E-state index contributed by atoms with van der Waals surface area (Å²) in [4.78, 5) is 7.73. The minimum Gasteiger partial charge on any atom is -0.465 e. The zero-order chi connectivity index (χ0) is 18.7. The van der Waals surface area contributed by atoms with Gasteiger partial charge in [-0.05, 0) is 13.0 Å². The molecule has 1 saturated carbocycles. The first-order valence-electron chi connectivity index (χ1n) is 7.44. The molecule has 4 rings (SSSR count). The van der Waals surface area contributed by atoms with Crippen LogP contribution < -0.4 is 4.74 Å². The van der Waals surface area contributed by atoms with E-state index < -0.39 is 36.1 Å². The summed E-state index contributed by atoms with van der Waals surface area (Å²) in [6, 6.07) is 0.977. The van der Waals surface area contributed by atoms with Crippen molar-refractivity contribution in [1.82, 2.24) is 24.6 Å². The van der Waals surface area contributed by atoms with Gasteiger partial charge in [0.15, 0.2) is 17.6 Å². The zero-order valence-electron chi connectivity index (χ0n) is 13.1. The molecule has 1 fully saturated rings. The first-order chi connectivity index (χ1) is 12.2. The fraction of sp³-hybridized carbons (Fsp3) is 0.333. The largest absolute Gasteiger partial charge is 0.465 e. The van der Waals surface area contributed by atoms with Crippen LogP contribution in [0.15, 0.2) is 24.7 Å². The van der Waals surface area contributed by atoms with Crippen molar-refractivity contribution in [2.45, 2.75) is 31.3 Å². The number of alkyl halides is 4. The molecule has 3 aromatic rings. The Morgan fingerprint density at radius 1 is 1.15 bits per heavy atom. The van der Waals surface area contributed by atoms with E-state index in [4.69, 9.17) is 0 Å². The van der Waals surface area contributed by atoms with Crippen molar-refractivity contribution in [3.63, 3.8) is 0 Å². The normalized spacial score (nSPS) is 20.8. The molecule has 136 valence electrons. The molecule has 1 atom stereocenters. The summed E-state index contributed by atoms with van der Waals surface area (Å²) in [5.74, 6) is -9.76. The summed E-state index contributed by atoms with van der Waals surface area (Å²) in [5, 5.41) is 7.73. The summed E-state index contributed by atoms with van der Waals surface area (Å²) in [7, 11) is 0. The van der Waals surface area contributed by atoms with Gasteiger partial charge in [0.2, 0.25) is 0 Å². The summed E-state index contributed by atoms with van der Waals surface area (Å²) in [5.41, 5.74) is 1.07. The Labute approximate surface area is 142 Å². The lowest BCUT2D eigenvalue weighted by atomic mass is 9.85. The highest BCUT2D eigenvalue weighted by Crippen LogP contribution is 2.52. The molecule has 3 heterocycles. The van der Waals surface area contributed by atoms with Crippen LogP contribution in [0, 0.1) is 12.7 Å². The third-order valence-electron chi connectivity index (χ3n) is 4.15. The molecular weight excluding hydrogens is 361 g/mol.